The standard InChI is InChI=1S/C27H19ClN4O5/c1-15-5-4-6-18(11-15)32-26(36)21(23(33)30-27(32)37)13-29-17-9-10-22(28)16(12-17)14-31-24(34)19-7-2-3-8-20(19)25(31)35/h2-13,36H,14H2,1H3,(H,30,33,37). The van der Waals surface area contributed by atoms with Gasteiger partial charge in [-0.05, 0) is 60.5 Å². The van der Waals surface area contributed by atoms with E-state index in [-0.39, 0.29) is 12.1 Å². The highest BCUT2D eigenvalue weighted by atomic mass is 35.5. The summed E-state index contributed by atoms with van der Waals surface area (Å²) < 4.78 is 0.977. The molecule has 0 radical (unpaired) electrons. The predicted octanol–water partition coefficient (Wildman–Crippen LogP) is 3.74. The second-order valence-corrected chi connectivity index (χ2v) is 8.85. The quantitative estimate of drug-likeness (QED) is 0.310. The van der Waals surface area contributed by atoms with Gasteiger partial charge in [0, 0.05) is 11.2 Å². The van der Waals surface area contributed by atoms with E-state index in [9.17, 15) is 24.3 Å². The molecule has 1 aliphatic rings. The molecule has 10 heteroatoms. The van der Waals surface area contributed by atoms with Crippen LogP contribution in [0.1, 0.15) is 37.4 Å². The molecule has 2 N–H and O–H groups in total. The monoisotopic (exact) mass is 514 g/mol. The Morgan fingerprint density at radius 1 is 0.946 bits per heavy atom. The van der Waals surface area contributed by atoms with Gasteiger partial charge in [-0.15, -0.1) is 0 Å². The fourth-order valence-corrected chi connectivity index (χ4v) is 4.29. The number of nitrogens with one attached hydrogen (secondary N) is 1. The second kappa shape index (κ2) is 9.36. The smallest absolute Gasteiger partial charge is 0.335 e. The van der Waals surface area contributed by atoms with Crippen LogP contribution in [0.15, 0.2) is 81.3 Å². The number of benzene rings is 3. The van der Waals surface area contributed by atoms with Crippen LogP contribution in [-0.4, -0.2) is 37.6 Å². The van der Waals surface area contributed by atoms with E-state index in [4.69, 9.17) is 11.6 Å². The van der Waals surface area contributed by atoms with E-state index in [1.54, 1.807) is 60.7 Å². The number of H-pyrrole nitrogens is 1. The first kappa shape index (κ1) is 24.0. The minimum Gasteiger partial charge on any atom is -0.493 e. The highest BCUT2D eigenvalue weighted by molar-refractivity contribution is 6.31. The van der Waals surface area contributed by atoms with Crippen molar-refractivity contribution in [1.82, 2.24) is 14.5 Å². The molecule has 0 unspecified atom stereocenters. The van der Waals surface area contributed by atoms with Crippen molar-refractivity contribution in [3.63, 3.8) is 0 Å². The molecule has 2 amide bonds. The van der Waals surface area contributed by atoms with Crippen LogP contribution >= 0.6 is 11.6 Å². The SMILES string of the molecule is Cc1cccc(-n2c(O)c(C=Nc3ccc(Cl)c(CN4C(=O)c5ccccc5C4=O)c3)c(=O)[nH]c2=O)c1. The number of aromatic nitrogens is 2. The fraction of sp³-hybridized carbons (Fsp3) is 0.0741. The third-order valence-corrected chi connectivity index (χ3v) is 6.33. The molecule has 9 nitrogen and oxygen atoms in total. The lowest BCUT2D eigenvalue weighted by Crippen LogP contribution is -2.31. The average Bonchev–Trinajstić information content (AvgIpc) is 3.10. The van der Waals surface area contributed by atoms with Crippen LogP contribution in [0.4, 0.5) is 5.69 Å². The van der Waals surface area contributed by atoms with Gasteiger partial charge in [-0.1, -0.05) is 35.9 Å². The summed E-state index contributed by atoms with van der Waals surface area (Å²) in [4.78, 5) is 57.9. The van der Waals surface area contributed by atoms with Crippen molar-refractivity contribution in [3.8, 4) is 11.6 Å². The van der Waals surface area contributed by atoms with Crippen molar-refractivity contribution in [2.75, 3.05) is 0 Å². The minimum atomic E-state index is -0.810. The molecule has 5 rings (SSSR count). The van der Waals surface area contributed by atoms with Crippen LogP contribution in [0.2, 0.25) is 5.02 Å². The van der Waals surface area contributed by atoms with Gasteiger partial charge >= 0.3 is 5.69 Å². The Bertz CT molecular complexity index is 1700. The first-order valence-corrected chi connectivity index (χ1v) is 11.6. The van der Waals surface area contributed by atoms with Gasteiger partial charge in [0.05, 0.1) is 29.0 Å². The Morgan fingerprint density at radius 3 is 2.32 bits per heavy atom. The summed E-state index contributed by atoms with van der Waals surface area (Å²) in [6.45, 7) is 1.76. The fourth-order valence-electron chi connectivity index (χ4n) is 4.12. The van der Waals surface area contributed by atoms with Crippen LogP contribution in [0.5, 0.6) is 5.88 Å². The van der Waals surface area contributed by atoms with Crippen molar-refractivity contribution in [1.29, 1.82) is 0 Å². The topological polar surface area (TPSA) is 125 Å². The maximum atomic E-state index is 12.7. The molecule has 184 valence electrons. The van der Waals surface area contributed by atoms with Crippen molar-refractivity contribution in [3.05, 3.63) is 120 Å². The molecule has 1 aromatic heterocycles. The molecule has 1 aliphatic heterocycles. The van der Waals surface area contributed by atoms with Gasteiger partial charge in [0.2, 0.25) is 5.88 Å². The van der Waals surface area contributed by atoms with Gasteiger partial charge in [-0.2, -0.15) is 0 Å². The van der Waals surface area contributed by atoms with Crippen LogP contribution < -0.4 is 11.2 Å². The van der Waals surface area contributed by atoms with Crippen LogP contribution in [0, 0.1) is 6.92 Å². The van der Waals surface area contributed by atoms with Crippen molar-refractivity contribution in [2.45, 2.75) is 13.5 Å². The molecule has 0 spiro atoms. The van der Waals surface area contributed by atoms with Gasteiger partial charge < -0.3 is 5.11 Å². The molecule has 0 saturated heterocycles. The lowest BCUT2D eigenvalue weighted by atomic mass is 10.1. The number of nitrogens with zero attached hydrogens (tertiary/aromatic N) is 3. The van der Waals surface area contributed by atoms with Crippen LogP contribution in [0.25, 0.3) is 5.69 Å². The number of aromatic hydroxyl groups is 1. The Hall–Kier alpha value is -4.76. The first-order chi connectivity index (χ1) is 17.7. The van der Waals surface area contributed by atoms with E-state index in [0.29, 0.717) is 33.1 Å². The number of imide groups is 1. The molecule has 0 atom stereocenters. The number of carbonyl (C=O) groups excluding carboxylic acids is 2. The summed E-state index contributed by atoms with van der Waals surface area (Å²) in [5.41, 5.74) is 0.887. The highest BCUT2D eigenvalue weighted by Gasteiger charge is 2.35. The molecule has 0 bridgehead atoms. The lowest BCUT2D eigenvalue weighted by molar-refractivity contribution is 0.0642. The third-order valence-electron chi connectivity index (χ3n) is 5.96. The zero-order valence-corrected chi connectivity index (χ0v) is 20.2. The van der Waals surface area contributed by atoms with Gasteiger partial charge in [0.15, 0.2) is 0 Å². The number of hydrogen-bond donors (Lipinski definition) is 2. The highest BCUT2D eigenvalue weighted by Crippen LogP contribution is 2.29. The maximum Gasteiger partial charge on any atom is 0.335 e. The maximum absolute atomic E-state index is 12.7. The first-order valence-electron chi connectivity index (χ1n) is 11.2. The molecular weight excluding hydrogens is 496 g/mol. The van der Waals surface area contributed by atoms with Gasteiger partial charge in [-0.25, -0.2) is 9.36 Å². The average molecular weight is 515 g/mol. The van der Waals surface area contributed by atoms with E-state index < -0.39 is 28.9 Å². The number of fused-ring (bicyclic) bond motifs is 1. The summed E-state index contributed by atoms with van der Waals surface area (Å²) in [6, 6.07) is 18.1. The van der Waals surface area contributed by atoms with Crippen molar-refractivity contribution in [2.24, 2.45) is 4.99 Å². The predicted molar refractivity (Wildman–Crippen MR) is 138 cm³/mol. The van der Waals surface area contributed by atoms with Gasteiger partial charge in [-0.3, -0.25) is 29.3 Å². The van der Waals surface area contributed by atoms with E-state index in [2.05, 4.69) is 9.98 Å². The number of aliphatic imine (C=N–C) groups is 1. The number of aryl methyl sites for hydroxylation is 1. The number of halogens is 1. The normalized spacial score (nSPS) is 13.0. The van der Waals surface area contributed by atoms with Gasteiger partial charge in [0.25, 0.3) is 17.4 Å². The Balaban J connectivity index is 1.47. The van der Waals surface area contributed by atoms with Crippen molar-refractivity contribution < 1.29 is 14.7 Å². The van der Waals surface area contributed by atoms with Crippen LogP contribution in [-0.2, 0) is 6.54 Å². The van der Waals surface area contributed by atoms with E-state index in [1.807, 2.05) is 13.0 Å². The molecule has 4 aromatic rings. The van der Waals surface area contributed by atoms with Crippen LogP contribution in [0.3, 0.4) is 0 Å². The number of hydrogen-bond acceptors (Lipinski definition) is 6. The summed E-state index contributed by atoms with van der Waals surface area (Å²) in [7, 11) is 0. The lowest BCUT2D eigenvalue weighted by Gasteiger charge is -2.15. The largest absolute Gasteiger partial charge is 0.493 e. The number of carbonyl (C=O) groups is 2. The zero-order chi connectivity index (χ0) is 26.3. The number of amides is 2. The van der Waals surface area contributed by atoms with E-state index in [1.165, 1.54) is 0 Å². The van der Waals surface area contributed by atoms with Crippen molar-refractivity contribution >= 4 is 35.3 Å². The van der Waals surface area contributed by atoms with Gasteiger partial charge in [0.1, 0.15) is 5.56 Å². The second-order valence-electron chi connectivity index (χ2n) is 8.45. The molecular formula is C27H19ClN4O5. The molecule has 0 fully saturated rings. The Labute approximate surface area is 214 Å². The van der Waals surface area contributed by atoms with E-state index >= 15 is 0 Å². The molecule has 0 saturated carbocycles. The molecule has 2 heterocycles. The number of aromatic amines is 1. The summed E-state index contributed by atoms with van der Waals surface area (Å²) >= 11 is 6.33. The summed E-state index contributed by atoms with van der Waals surface area (Å²) in [5.74, 6) is -1.40. The minimum absolute atomic E-state index is 0.0708. The molecule has 37 heavy (non-hydrogen) atoms. The molecule has 3 aromatic carbocycles. The Kier molecular flexibility index (Phi) is 6.06. The summed E-state index contributed by atoms with van der Waals surface area (Å²) in [5, 5.41) is 11.1. The zero-order valence-electron chi connectivity index (χ0n) is 19.4. The van der Waals surface area contributed by atoms with E-state index in [0.717, 1.165) is 21.2 Å². The molecule has 0 aliphatic carbocycles. The summed E-state index contributed by atoms with van der Waals surface area (Å²) in [6.07, 6.45) is 1.13. The third kappa shape index (κ3) is 4.36. The Morgan fingerprint density at radius 2 is 1.65 bits per heavy atom. The number of rotatable bonds is 5.